The Balaban J connectivity index is 2.36. The molecule has 0 radical (unpaired) electrons. The second kappa shape index (κ2) is 5.57. The molecule has 1 aromatic heterocycles. The van der Waals surface area contributed by atoms with Crippen molar-refractivity contribution in [1.29, 1.82) is 0 Å². The van der Waals surface area contributed by atoms with Gasteiger partial charge in [-0.1, -0.05) is 12.1 Å². The minimum atomic E-state index is -4.07. The molecule has 2 aromatic rings. The summed E-state index contributed by atoms with van der Waals surface area (Å²) < 4.78 is 39.6. The van der Waals surface area contributed by atoms with E-state index in [1.807, 2.05) is 0 Å². The number of halogens is 1. The molecule has 0 spiro atoms. The van der Waals surface area contributed by atoms with E-state index in [9.17, 15) is 12.8 Å². The monoisotopic (exact) mass is 296 g/mol. The molecule has 0 atom stereocenters. The summed E-state index contributed by atoms with van der Waals surface area (Å²) in [6.07, 6.45) is 2.14. The number of para-hydroxylation sites is 1. The van der Waals surface area contributed by atoms with E-state index in [1.165, 1.54) is 18.2 Å². The van der Waals surface area contributed by atoms with E-state index in [1.54, 1.807) is 0 Å². The zero-order valence-corrected chi connectivity index (χ0v) is 10.9. The molecule has 0 aliphatic rings. The normalized spacial score (nSPS) is 11.2. The number of sulfonamides is 1. The average Bonchev–Trinajstić information content (AvgIpc) is 2.41. The Bertz CT molecular complexity index is 724. The number of nitrogens with one attached hydrogen (secondary N) is 1. The van der Waals surface area contributed by atoms with Crippen LogP contribution in [0.25, 0.3) is 0 Å². The van der Waals surface area contributed by atoms with Gasteiger partial charge in [0.1, 0.15) is 10.7 Å². The molecular weight excluding hydrogens is 286 g/mol. The lowest BCUT2D eigenvalue weighted by atomic mass is 9.82. The molecule has 3 N–H and O–H groups in total. The number of aromatic nitrogens is 1. The summed E-state index contributed by atoms with van der Waals surface area (Å²) in [5.41, 5.74) is -0.288. The molecule has 0 saturated heterocycles. The topological polar surface area (TPSA) is 99.5 Å². The fourth-order valence-corrected chi connectivity index (χ4v) is 2.54. The van der Waals surface area contributed by atoms with E-state index in [4.69, 9.17) is 10.0 Å². The Kier molecular flexibility index (Phi) is 4.02. The van der Waals surface area contributed by atoms with Gasteiger partial charge in [-0.2, -0.15) is 0 Å². The summed E-state index contributed by atoms with van der Waals surface area (Å²) in [6.45, 7) is 0. The molecule has 104 valence electrons. The van der Waals surface area contributed by atoms with E-state index < -0.39 is 23.0 Å². The third-order valence-corrected chi connectivity index (χ3v) is 3.79. The van der Waals surface area contributed by atoms with Gasteiger partial charge in [0, 0.05) is 17.9 Å². The SMILES string of the molecule is O=S(=O)(Nc1ccccc1F)c1cncc(B(O)O)c1. The highest BCUT2D eigenvalue weighted by molar-refractivity contribution is 7.92. The molecule has 20 heavy (non-hydrogen) atoms. The highest BCUT2D eigenvalue weighted by atomic mass is 32.2. The van der Waals surface area contributed by atoms with Crippen LogP contribution in [0.3, 0.4) is 0 Å². The van der Waals surface area contributed by atoms with Gasteiger partial charge in [0.05, 0.1) is 5.69 Å². The van der Waals surface area contributed by atoms with Crippen LogP contribution < -0.4 is 10.2 Å². The maximum atomic E-state index is 13.4. The summed E-state index contributed by atoms with van der Waals surface area (Å²) in [5.74, 6) is -0.720. The molecule has 0 fully saturated rings. The lowest BCUT2D eigenvalue weighted by Crippen LogP contribution is -2.31. The van der Waals surface area contributed by atoms with Gasteiger partial charge in [0.25, 0.3) is 10.0 Å². The van der Waals surface area contributed by atoms with Gasteiger partial charge < -0.3 is 10.0 Å². The highest BCUT2D eigenvalue weighted by Crippen LogP contribution is 2.17. The molecule has 0 aliphatic carbocycles. The molecular formula is C11H10BFN2O4S. The first kappa shape index (κ1) is 14.4. The van der Waals surface area contributed by atoms with E-state index in [0.717, 1.165) is 24.5 Å². The number of benzene rings is 1. The van der Waals surface area contributed by atoms with Gasteiger partial charge in [-0.3, -0.25) is 9.71 Å². The van der Waals surface area contributed by atoms with Crippen molar-refractivity contribution in [3.63, 3.8) is 0 Å². The second-order valence-corrected chi connectivity index (χ2v) is 5.60. The van der Waals surface area contributed by atoms with Crippen LogP contribution in [-0.2, 0) is 10.0 Å². The minimum absolute atomic E-state index is 0.0820. The first-order valence-corrected chi connectivity index (χ1v) is 6.97. The van der Waals surface area contributed by atoms with Gasteiger partial charge in [0.15, 0.2) is 0 Å². The molecule has 0 unspecified atom stereocenters. The molecule has 1 aromatic carbocycles. The molecule has 6 nitrogen and oxygen atoms in total. The van der Waals surface area contributed by atoms with Gasteiger partial charge in [-0.25, -0.2) is 12.8 Å². The Morgan fingerprint density at radius 2 is 1.90 bits per heavy atom. The first-order valence-electron chi connectivity index (χ1n) is 5.48. The maximum absolute atomic E-state index is 13.4. The lowest BCUT2D eigenvalue weighted by molar-refractivity contribution is 0.425. The van der Waals surface area contributed by atoms with Crippen molar-refractivity contribution in [2.75, 3.05) is 4.72 Å². The van der Waals surface area contributed by atoms with Crippen molar-refractivity contribution in [2.45, 2.75) is 4.90 Å². The van der Waals surface area contributed by atoms with Crippen molar-refractivity contribution in [3.05, 3.63) is 48.5 Å². The maximum Gasteiger partial charge on any atom is 0.490 e. The smallest absolute Gasteiger partial charge is 0.423 e. The molecule has 0 aliphatic heterocycles. The largest absolute Gasteiger partial charge is 0.490 e. The molecule has 9 heteroatoms. The van der Waals surface area contributed by atoms with Crippen molar-refractivity contribution in [1.82, 2.24) is 4.98 Å². The minimum Gasteiger partial charge on any atom is -0.423 e. The summed E-state index contributed by atoms with van der Waals surface area (Å²) in [4.78, 5) is 3.30. The van der Waals surface area contributed by atoms with Gasteiger partial charge in [-0.05, 0) is 18.2 Å². The van der Waals surface area contributed by atoms with Crippen LogP contribution in [0.5, 0.6) is 0 Å². The third kappa shape index (κ3) is 3.13. The fourth-order valence-electron chi connectivity index (χ4n) is 1.47. The molecule has 1 heterocycles. The number of anilines is 1. The Morgan fingerprint density at radius 1 is 1.20 bits per heavy atom. The third-order valence-electron chi connectivity index (χ3n) is 2.46. The van der Waals surface area contributed by atoms with E-state index in [2.05, 4.69) is 9.71 Å². The van der Waals surface area contributed by atoms with Crippen molar-refractivity contribution in [3.8, 4) is 0 Å². The van der Waals surface area contributed by atoms with Crippen LogP contribution in [0.15, 0.2) is 47.6 Å². The number of rotatable bonds is 4. The summed E-state index contributed by atoms with van der Waals surface area (Å²) in [5, 5.41) is 18.0. The summed E-state index contributed by atoms with van der Waals surface area (Å²) in [6, 6.07) is 6.33. The van der Waals surface area contributed by atoms with Crippen LogP contribution >= 0.6 is 0 Å². The summed E-state index contributed by atoms with van der Waals surface area (Å²) in [7, 11) is -5.91. The number of hydrogen-bond donors (Lipinski definition) is 3. The molecule has 0 bridgehead atoms. The van der Waals surface area contributed by atoms with Crippen LogP contribution in [0.2, 0.25) is 0 Å². The average molecular weight is 296 g/mol. The van der Waals surface area contributed by atoms with E-state index in [0.29, 0.717) is 0 Å². The van der Waals surface area contributed by atoms with Crippen molar-refractivity contribution in [2.24, 2.45) is 0 Å². The first-order chi connectivity index (χ1) is 9.40. The predicted molar refractivity (Wildman–Crippen MR) is 71.3 cm³/mol. The van der Waals surface area contributed by atoms with Crippen LogP contribution in [0, 0.1) is 5.82 Å². The molecule has 0 amide bonds. The molecule has 0 saturated carbocycles. The van der Waals surface area contributed by atoms with Crippen molar-refractivity contribution < 1.29 is 22.9 Å². The van der Waals surface area contributed by atoms with Crippen LogP contribution in [0.4, 0.5) is 10.1 Å². The van der Waals surface area contributed by atoms with Crippen LogP contribution in [-0.4, -0.2) is 30.6 Å². The number of nitrogens with zero attached hydrogens (tertiary/aromatic N) is 1. The number of pyridine rings is 1. The van der Waals surface area contributed by atoms with Crippen LogP contribution in [0.1, 0.15) is 0 Å². The van der Waals surface area contributed by atoms with Gasteiger partial charge >= 0.3 is 7.12 Å². The fraction of sp³-hybridized carbons (Fsp3) is 0. The van der Waals surface area contributed by atoms with E-state index in [-0.39, 0.29) is 16.0 Å². The lowest BCUT2D eigenvalue weighted by Gasteiger charge is -2.09. The Hall–Kier alpha value is -1.97. The summed E-state index contributed by atoms with van der Waals surface area (Å²) >= 11 is 0. The van der Waals surface area contributed by atoms with Gasteiger partial charge in [-0.15, -0.1) is 0 Å². The standard InChI is InChI=1S/C11H10BFN2O4S/c13-10-3-1-2-4-11(10)15-20(18,19)9-5-8(12(16)17)6-14-7-9/h1-7,15-17H. The Labute approximate surface area is 115 Å². The quantitative estimate of drug-likeness (QED) is 0.673. The Morgan fingerprint density at radius 3 is 2.55 bits per heavy atom. The second-order valence-electron chi connectivity index (χ2n) is 3.91. The zero-order valence-electron chi connectivity index (χ0n) is 10.1. The molecule has 2 rings (SSSR count). The van der Waals surface area contributed by atoms with Gasteiger partial charge in [0.2, 0.25) is 0 Å². The van der Waals surface area contributed by atoms with E-state index >= 15 is 0 Å². The zero-order chi connectivity index (χ0) is 14.8. The predicted octanol–water partition coefficient (Wildman–Crippen LogP) is -0.299. The van der Waals surface area contributed by atoms with Crippen molar-refractivity contribution >= 4 is 28.3 Å². The highest BCUT2D eigenvalue weighted by Gasteiger charge is 2.20. The number of hydrogen-bond acceptors (Lipinski definition) is 5.